The molecule has 1 aliphatic heterocycles. The zero-order valence-electron chi connectivity index (χ0n) is 15.2. The van der Waals surface area contributed by atoms with Gasteiger partial charge < -0.3 is 9.47 Å². The highest BCUT2D eigenvalue weighted by Crippen LogP contribution is 2.32. The van der Waals surface area contributed by atoms with Gasteiger partial charge in [-0.1, -0.05) is 41.4 Å². The van der Waals surface area contributed by atoms with E-state index in [1.54, 1.807) is 48.5 Å². The molecule has 1 saturated heterocycles. The number of methoxy groups -OCH3 is 1. The predicted octanol–water partition coefficient (Wildman–Crippen LogP) is 4.78. The quantitative estimate of drug-likeness (QED) is 0.464. The molecule has 0 unspecified atom stereocenters. The molecule has 0 aliphatic carbocycles. The van der Waals surface area contributed by atoms with Crippen LogP contribution in [0, 0.1) is 0 Å². The number of nitrogens with zero attached hydrogens (tertiary/aromatic N) is 1. The number of rotatable bonds is 6. The third-order valence-electron chi connectivity index (χ3n) is 4.01. The second-order valence-corrected chi connectivity index (χ2v) is 7.71. The normalized spacial score (nSPS) is 15.1. The fourth-order valence-corrected chi connectivity index (χ4v) is 3.81. The lowest BCUT2D eigenvalue weighted by Crippen LogP contribution is -2.34. The van der Waals surface area contributed by atoms with Crippen LogP contribution >= 0.6 is 35.0 Å². The Morgan fingerprint density at radius 2 is 1.76 bits per heavy atom. The number of amides is 2. The molecule has 0 radical (unpaired) electrons. The van der Waals surface area contributed by atoms with Gasteiger partial charge in [0.1, 0.15) is 18.9 Å². The van der Waals surface area contributed by atoms with Gasteiger partial charge in [-0.2, -0.15) is 0 Å². The minimum atomic E-state index is -0.659. The molecule has 2 amide bonds. The summed E-state index contributed by atoms with van der Waals surface area (Å²) in [6.07, 6.45) is 1.58. The molecule has 0 saturated carbocycles. The van der Waals surface area contributed by atoms with E-state index >= 15 is 0 Å². The van der Waals surface area contributed by atoms with E-state index in [4.69, 9.17) is 27.9 Å². The van der Waals surface area contributed by atoms with Crippen LogP contribution in [0.5, 0.6) is 5.75 Å². The molecule has 0 spiro atoms. The van der Waals surface area contributed by atoms with Crippen LogP contribution in [0.4, 0.5) is 4.79 Å². The van der Waals surface area contributed by atoms with Gasteiger partial charge in [0.15, 0.2) is 0 Å². The highest BCUT2D eigenvalue weighted by atomic mass is 35.5. The van der Waals surface area contributed by atoms with E-state index in [0.717, 1.165) is 16.7 Å². The summed E-state index contributed by atoms with van der Waals surface area (Å²) in [5, 5.41) is 0.539. The molecule has 0 atom stereocenters. The fourth-order valence-electron chi connectivity index (χ4n) is 2.47. The summed E-state index contributed by atoms with van der Waals surface area (Å²) < 4.78 is 10.2. The average Bonchev–Trinajstić information content (AvgIpc) is 2.96. The van der Waals surface area contributed by atoms with Crippen LogP contribution < -0.4 is 4.74 Å². The van der Waals surface area contributed by atoms with E-state index in [1.807, 2.05) is 0 Å². The van der Waals surface area contributed by atoms with Crippen molar-refractivity contribution in [1.82, 2.24) is 4.90 Å². The van der Waals surface area contributed by atoms with Crippen LogP contribution in [0.1, 0.15) is 11.1 Å². The van der Waals surface area contributed by atoms with Crippen molar-refractivity contribution in [2.24, 2.45) is 0 Å². The smallest absolute Gasteiger partial charge is 0.325 e. The van der Waals surface area contributed by atoms with Gasteiger partial charge in [0.05, 0.1) is 12.0 Å². The molecule has 0 N–H and O–H groups in total. The van der Waals surface area contributed by atoms with Gasteiger partial charge in [-0.05, 0) is 47.7 Å². The van der Waals surface area contributed by atoms with Crippen molar-refractivity contribution in [3.63, 3.8) is 0 Å². The summed E-state index contributed by atoms with van der Waals surface area (Å²) in [5.74, 6) is -0.593. The Hall–Kier alpha value is -2.48. The highest BCUT2D eigenvalue weighted by molar-refractivity contribution is 8.18. The van der Waals surface area contributed by atoms with E-state index in [-0.39, 0.29) is 11.5 Å². The minimum absolute atomic E-state index is 0.213. The monoisotopic (exact) mass is 451 g/mol. The molecule has 1 fully saturated rings. The predicted molar refractivity (Wildman–Crippen MR) is 112 cm³/mol. The van der Waals surface area contributed by atoms with Crippen LogP contribution in [-0.2, 0) is 20.9 Å². The molecule has 9 heteroatoms. The number of hydrogen-bond acceptors (Lipinski definition) is 6. The zero-order valence-corrected chi connectivity index (χ0v) is 17.5. The number of carbonyl (C=O) groups excluding carboxylic acids is 3. The van der Waals surface area contributed by atoms with Crippen molar-refractivity contribution >= 4 is 58.2 Å². The number of carbonyl (C=O) groups is 3. The number of esters is 1. The molecule has 2 aromatic rings. The largest absolute Gasteiger partial charge is 0.489 e. The van der Waals surface area contributed by atoms with Gasteiger partial charge in [-0.25, -0.2) is 0 Å². The Morgan fingerprint density at radius 1 is 1.10 bits per heavy atom. The topological polar surface area (TPSA) is 72.9 Å². The van der Waals surface area contributed by atoms with Gasteiger partial charge in [-0.15, -0.1) is 0 Å². The molecule has 29 heavy (non-hydrogen) atoms. The molecule has 0 bridgehead atoms. The van der Waals surface area contributed by atoms with E-state index < -0.39 is 23.7 Å². The van der Waals surface area contributed by atoms with E-state index in [1.165, 1.54) is 7.11 Å². The maximum Gasteiger partial charge on any atom is 0.325 e. The Balaban J connectivity index is 1.67. The molecular weight excluding hydrogens is 437 g/mol. The first-order valence-corrected chi connectivity index (χ1v) is 9.94. The van der Waals surface area contributed by atoms with Crippen molar-refractivity contribution < 1.29 is 23.9 Å². The molecule has 150 valence electrons. The van der Waals surface area contributed by atoms with Gasteiger partial charge in [0, 0.05) is 15.6 Å². The van der Waals surface area contributed by atoms with Crippen molar-refractivity contribution in [2.45, 2.75) is 6.61 Å². The van der Waals surface area contributed by atoms with E-state index in [2.05, 4.69) is 4.74 Å². The molecule has 1 aliphatic rings. The first-order valence-electron chi connectivity index (χ1n) is 8.37. The number of ether oxygens (including phenoxy) is 2. The zero-order chi connectivity index (χ0) is 21.0. The number of imide groups is 1. The SMILES string of the molecule is COC(=O)CN1C(=O)S/C(=C\c2ccc(OCc3c(Cl)cccc3Cl)cc2)C1=O. The first-order chi connectivity index (χ1) is 13.9. The summed E-state index contributed by atoms with van der Waals surface area (Å²) >= 11 is 13.0. The van der Waals surface area contributed by atoms with Gasteiger partial charge in [-0.3, -0.25) is 19.3 Å². The number of benzene rings is 2. The Bertz CT molecular complexity index is 971. The summed E-state index contributed by atoms with van der Waals surface area (Å²) in [6.45, 7) is -0.194. The minimum Gasteiger partial charge on any atom is -0.489 e. The molecule has 1 heterocycles. The van der Waals surface area contributed by atoms with E-state index in [0.29, 0.717) is 26.9 Å². The van der Waals surface area contributed by atoms with Crippen LogP contribution in [0.2, 0.25) is 10.0 Å². The standard InChI is InChI=1S/C20H15Cl2NO5S/c1-27-18(24)10-23-19(25)17(29-20(23)26)9-12-5-7-13(8-6-12)28-11-14-15(21)3-2-4-16(14)22/h2-9H,10-11H2,1H3/b17-9-. The Morgan fingerprint density at radius 3 is 2.38 bits per heavy atom. The van der Waals surface area contributed by atoms with Crippen molar-refractivity contribution in [2.75, 3.05) is 13.7 Å². The second-order valence-electron chi connectivity index (χ2n) is 5.90. The summed E-state index contributed by atoms with van der Waals surface area (Å²) in [7, 11) is 1.20. The maximum absolute atomic E-state index is 12.3. The number of halogens is 2. The molecule has 2 aromatic carbocycles. The van der Waals surface area contributed by atoms with Gasteiger partial charge >= 0.3 is 5.97 Å². The summed E-state index contributed by atoms with van der Waals surface area (Å²) in [6, 6.07) is 12.2. The third-order valence-corrected chi connectivity index (χ3v) is 5.63. The van der Waals surface area contributed by atoms with Gasteiger partial charge in [0.2, 0.25) is 0 Å². The number of thioether (sulfide) groups is 1. The fraction of sp³-hybridized carbons (Fsp3) is 0.150. The summed E-state index contributed by atoms with van der Waals surface area (Å²) in [5.41, 5.74) is 1.40. The van der Waals surface area contributed by atoms with Crippen molar-refractivity contribution in [3.8, 4) is 5.75 Å². The lowest BCUT2D eigenvalue weighted by Gasteiger charge is -2.10. The average molecular weight is 452 g/mol. The van der Waals surface area contributed by atoms with Crippen LogP contribution in [0.3, 0.4) is 0 Å². The Kier molecular flexibility index (Phi) is 6.84. The van der Waals surface area contributed by atoms with E-state index in [9.17, 15) is 14.4 Å². The van der Waals surface area contributed by atoms with Gasteiger partial charge in [0.25, 0.3) is 11.1 Å². The second kappa shape index (κ2) is 9.35. The molecule has 0 aromatic heterocycles. The third kappa shape index (κ3) is 5.12. The van der Waals surface area contributed by atoms with Crippen molar-refractivity contribution in [1.29, 1.82) is 0 Å². The summed E-state index contributed by atoms with van der Waals surface area (Å²) in [4.78, 5) is 36.7. The first kappa shape index (κ1) is 21.2. The number of hydrogen-bond donors (Lipinski definition) is 0. The van der Waals surface area contributed by atoms with Crippen LogP contribution in [0.25, 0.3) is 6.08 Å². The lowest BCUT2D eigenvalue weighted by atomic mass is 10.2. The molecule has 3 rings (SSSR count). The molecule has 6 nitrogen and oxygen atoms in total. The Labute approximate surface area is 181 Å². The molecular formula is C20H15Cl2NO5S. The van der Waals surface area contributed by atoms with Crippen LogP contribution in [0.15, 0.2) is 47.4 Å². The maximum atomic E-state index is 12.3. The highest BCUT2D eigenvalue weighted by Gasteiger charge is 2.36. The van der Waals surface area contributed by atoms with Crippen molar-refractivity contribution in [3.05, 3.63) is 68.5 Å². The van der Waals surface area contributed by atoms with Crippen LogP contribution in [-0.4, -0.2) is 35.7 Å². The lowest BCUT2D eigenvalue weighted by molar-refractivity contribution is -0.143.